The number of ether oxygens (including phenoxy) is 2. The molecule has 3 aromatic rings. The van der Waals surface area contributed by atoms with Crippen LogP contribution in [0.1, 0.15) is 53.6 Å². The summed E-state index contributed by atoms with van der Waals surface area (Å²) < 4.78 is 11.6. The molecular formula is C30H37N3O4. The second kappa shape index (κ2) is 12.2. The van der Waals surface area contributed by atoms with Gasteiger partial charge in [-0.15, -0.1) is 0 Å². The Morgan fingerprint density at radius 3 is 2.59 bits per heavy atom. The van der Waals surface area contributed by atoms with Crippen molar-refractivity contribution in [2.75, 3.05) is 32.5 Å². The number of aryl methyl sites for hydroxylation is 1. The van der Waals surface area contributed by atoms with Crippen LogP contribution in [0.15, 0.2) is 66.9 Å². The molecule has 1 aliphatic rings. The quantitative estimate of drug-likeness (QED) is 0.363. The molecule has 1 aromatic heterocycles. The van der Waals surface area contributed by atoms with Crippen LogP contribution in [-0.2, 0) is 10.3 Å². The summed E-state index contributed by atoms with van der Waals surface area (Å²) in [6, 6.07) is 18.9. The summed E-state index contributed by atoms with van der Waals surface area (Å²) in [4.78, 5) is 19.2. The highest BCUT2D eigenvalue weighted by atomic mass is 16.5. The van der Waals surface area contributed by atoms with Crippen molar-refractivity contribution in [3.05, 3.63) is 83.6 Å². The first-order valence-electron chi connectivity index (χ1n) is 13.0. The number of para-hydroxylation sites is 2. The van der Waals surface area contributed by atoms with Gasteiger partial charge in [0.1, 0.15) is 17.3 Å². The van der Waals surface area contributed by atoms with Gasteiger partial charge in [0, 0.05) is 44.5 Å². The Kier molecular flexibility index (Phi) is 8.79. The number of benzene rings is 2. The number of nitrogen functional groups attached to an aromatic ring is 1. The Morgan fingerprint density at radius 1 is 1.11 bits per heavy atom. The Hall–Kier alpha value is -3.42. The number of nitrogens with zero attached hydrogens (tertiary/aromatic N) is 2. The van der Waals surface area contributed by atoms with Crippen LogP contribution in [0.4, 0.5) is 5.82 Å². The molecular weight excluding hydrogens is 466 g/mol. The number of unbranched alkanes of at least 4 members (excludes halogenated alkanes) is 1. The third-order valence-electron chi connectivity index (χ3n) is 7.24. The molecule has 2 aromatic carbocycles. The second-order valence-corrected chi connectivity index (χ2v) is 9.80. The van der Waals surface area contributed by atoms with Gasteiger partial charge in [0.25, 0.3) is 5.91 Å². The predicted molar refractivity (Wildman–Crippen MR) is 145 cm³/mol. The Bertz CT molecular complexity index is 1180. The summed E-state index contributed by atoms with van der Waals surface area (Å²) in [6.07, 6.45) is 5.30. The van der Waals surface area contributed by atoms with Crippen molar-refractivity contribution in [1.29, 1.82) is 0 Å². The average molecular weight is 504 g/mol. The van der Waals surface area contributed by atoms with Gasteiger partial charge in [0.05, 0.1) is 11.2 Å². The van der Waals surface area contributed by atoms with E-state index in [2.05, 4.69) is 4.98 Å². The predicted octanol–water partition coefficient (Wildman–Crippen LogP) is 5.32. The number of amides is 1. The Morgan fingerprint density at radius 2 is 1.86 bits per heavy atom. The van der Waals surface area contributed by atoms with E-state index in [-0.39, 0.29) is 11.8 Å². The van der Waals surface area contributed by atoms with E-state index in [0.717, 1.165) is 42.6 Å². The van der Waals surface area contributed by atoms with E-state index in [4.69, 9.17) is 15.2 Å². The van der Waals surface area contributed by atoms with Crippen LogP contribution in [0, 0.1) is 12.8 Å². The van der Waals surface area contributed by atoms with Gasteiger partial charge in [-0.25, -0.2) is 4.98 Å². The zero-order chi connectivity index (χ0) is 26.3. The molecule has 0 aliphatic carbocycles. The fraction of sp³-hybridized carbons (Fsp3) is 0.400. The van der Waals surface area contributed by atoms with E-state index in [1.807, 2.05) is 60.4 Å². The smallest absolute Gasteiger partial charge is 0.255 e. The lowest BCUT2D eigenvalue weighted by Crippen LogP contribution is -2.48. The van der Waals surface area contributed by atoms with E-state index in [1.165, 1.54) is 6.20 Å². The van der Waals surface area contributed by atoms with Gasteiger partial charge in [-0.1, -0.05) is 36.4 Å². The number of carbonyl (C=O) groups is 1. The number of anilines is 1. The first-order chi connectivity index (χ1) is 17.9. The molecule has 2 atom stereocenters. The monoisotopic (exact) mass is 503 g/mol. The van der Waals surface area contributed by atoms with Crippen LogP contribution in [-0.4, -0.2) is 47.7 Å². The van der Waals surface area contributed by atoms with Gasteiger partial charge >= 0.3 is 0 Å². The van der Waals surface area contributed by atoms with Crippen LogP contribution >= 0.6 is 0 Å². The maximum atomic E-state index is 13.3. The number of aliphatic hydroxyl groups is 1. The number of carbonyl (C=O) groups excluding carboxylic acids is 1. The topological polar surface area (TPSA) is 97.9 Å². The minimum atomic E-state index is -1.18. The highest BCUT2D eigenvalue weighted by molar-refractivity contribution is 5.94. The SMILES string of the molecule is COCCCC[C@@](O)(c1ccccc1Oc1ccccc1C)[C@@H]1CCCN(C(=O)c2ccc(N)nc2)C1. The number of hydrogen-bond donors (Lipinski definition) is 2. The fourth-order valence-electron chi connectivity index (χ4n) is 5.17. The minimum Gasteiger partial charge on any atom is -0.457 e. The fourth-order valence-corrected chi connectivity index (χ4v) is 5.17. The van der Waals surface area contributed by atoms with Crippen LogP contribution in [0.25, 0.3) is 0 Å². The molecule has 7 nitrogen and oxygen atoms in total. The van der Waals surface area contributed by atoms with Crippen molar-refractivity contribution in [3.63, 3.8) is 0 Å². The Labute approximate surface area is 219 Å². The average Bonchev–Trinajstić information content (AvgIpc) is 2.93. The molecule has 0 bridgehead atoms. The van der Waals surface area contributed by atoms with Gasteiger partial charge in [0.2, 0.25) is 0 Å². The summed E-state index contributed by atoms with van der Waals surface area (Å²) in [5.74, 6) is 1.52. The number of methoxy groups -OCH3 is 1. The van der Waals surface area contributed by atoms with Gasteiger partial charge in [0.15, 0.2) is 0 Å². The molecule has 0 spiro atoms. The lowest BCUT2D eigenvalue weighted by molar-refractivity contribution is -0.0589. The zero-order valence-electron chi connectivity index (χ0n) is 21.7. The summed E-state index contributed by atoms with van der Waals surface area (Å²) in [5.41, 5.74) is 6.81. The number of piperidine rings is 1. The maximum Gasteiger partial charge on any atom is 0.255 e. The van der Waals surface area contributed by atoms with Crippen molar-refractivity contribution in [3.8, 4) is 11.5 Å². The number of hydrogen-bond acceptors (Lipinski definition) is 6. The molecule has 37 heavy (non-hydrogen) atoms. The molecule has 3 N–H and O–H groups in total. The second-order valence-electron chi connectivity index (χ2n) is 9.80. The van der Waals surface area contributed by atoms with Crippen LogP contribution < -0.4 is 10.5 Å². The van der Waals surface area contributed by atoms with E-state index < -0.39 is 5.60 Å². The van der Waals surface area contributed by atoms with Crippen molar-refractivity contribution in [1.82, 2.24) is 9.88 Å². The molecule has 1 saturated heterocycles. The Balaban J connectivity index is 1.64. The number of aromatic nitrogens is 1. The van der Waals surface area contributed by atoms with Crippen molar-refractivity contribution < 1.29 is 19.4 Å². The van der Waals surface area contributed by atoms with Crippen molar-refractivity contribution >= 4 is 11.7 Å². The summed E-state index contributed by atoms with van der Waals surface area (Å²) >= 11 is 0. The molecule has 1 aliphatic heterocycles. The van der Waals surface area contributed by atoms with E-state index in [1.54, 1.807) is 19.2 Å². The summed E-state index contributed by atoms with van der Waals surface area (Å²) in [6.45, 7) is 3.73. The molecule has 0 radical (unpaired) electrons. The summed E-state index contributed by atoms with van der Waals surface area (Å²) in [5, 5.41) is 12.5. The number of rotatable bonds is 10. The van der Waals surface area contributed by atoms with E-state index in [9.17, 15) is 9.90 Å². The molecule has 4 rings (SSSR count). The van der Waals surface area contributed by atoms with Gasteiger partial charge in [-0.05, 0) is 68.9 Å². The van der Waals surface area contributed by atoms with Crippen LogP contribution in [0.3, 0.4) is 0 Å². The third kappa shape index (κ3) is 6.29. The van der Waals surface area contributed by atoms with Crippen LogP contribution in [0.5, 0.6) is 11.5 Å². The lowest BCUT2D eigenvalue weighted by Gasteiger charge is -2.43. The lowest BCUT2D eigenvalue weighted by atomic mass is 9.73. The molecule has 0 saturated carbocycles. The molecule has 0 unspecified atom stereocenters. The van der Waals surface area contributed by atoms with E-state index >= 15 is 0 Å². The maximum absolute atomic E-state index is 13.3. The molecule has 2 heterocycles. The van der Waals surface area contributed by atoms with Crippen molar-refractivity contribution in [2.45, 2.75) is 44.6 Å². The van der Waals surface area contributed by atoms with Gasteiger partial charge in [-0.3, -0.25) is 4.79 Å². The standard InChI is InChI=1S/C30H37N3O4/c1-22-10-3-5-13-26(22)37-27-14-6-4-12-25(27)30(35,17-7-8-19-36-2)24-11-9-18-33(21-24)29(34)23-15-16-28(31)32-20-23/h3-6,10,12-16,20,24,35H,7-9,11,17-19,21H2,1-2H3,(H2,31,32)/t24-,30+/m1/s1. The number of pyridine rings is 1. The number of likely N-dealkylation sites (tertiary alicyclic amines) is 1. The first kappa shape index (κ1) is 26.6. The van der Waals surface area contributed by atoms with Crippen molar-refractivity contribution in [2.24, 2.45) is 5.92 Å². The first-order valence-corrected chi connectivity index (χ1v) is 13.0. The van der Waals surface area contributed by atoms with Crippen LogP contribution in [0.2, 0.25) is 0 Å². The highest BCUT2D eigenvalue weighted by Gasteiger charge is 2.43. The number of nitrogens with two attached hydrogens (primary N) is 1. The van der Waals surface area contributed by atoms with Gasteiger partial charge < -0.3 is 25.2 Å². The molecule has 196 valence electrons. The zero-order valence-corrected chi connectivity index (χ0v) is 21.7. The highest BCUT2D eigenvalue weighted by Crippen LogP contribution is 2.44. The normalized spacial score (nSPS) is 17.3. The van der Waals surface area contributed by atoms with Gasteiger partial charge in [-0.2, -0.15) is 0 Å². The largest absolute Gasteiger partial charge is 0.457 e. The molecule has 7 heteroatoms. The third-order valence-corrected chi connectivity index (χ3v) is 7.24. The van der Waals surface area contributed by atoms with E-state index in [0.29, 0.717) is 43.2 Å². The molecule has 1 fully saturated rings. The minimum absolute atomic E-state index is 0.0941. The summed E-state index contributed by atoms with van der Waals surface area (Å²) in [7, 11) is 1.69. The molecule has 1 amide bonds.